The molecule has 0 saturated carbocycles. The molecule has 1 heterocycles. The van der Waals surface area contributed by atoms with Gasteiger partial charge >= 0.3 is 0 Å². The highest BCUT2D eigenvalue weighted by Crippen LogP contribution is 2.15. The Bertz CT molecular complexity index is 449. The largest absolute Gasteiger partial charge is 0.327 e. The first kappa shape index (κ1) is 18.0. The van der Waals surface area contributed by atoms with Gasteiger partial charge in [-0.3, -0.25) is 9.69 Å². The smallest absolute Gasteiger partial charge is 0.238 e. The lowest BCUT2D eigenvalue weighted by molar-refractivity contribution is -0.117. The molecule has 3 N–H and O–H groups in total. The molecule has 2 rings (SSSR count). The molecule has 1 aliphatic rings. The van der Waals surface area contributed by atoms with Crippen molar-refractivity contribution in [2.75, 3.05) is 25.0 Å². The first-order chi connectivity index (χ1) is 9.58. The van der Waals surface area contributed by atoms with E-state index in [1.165, 1.54) is 5.56 Å². The van der Waals surface area contributed by atoms with Crippen molar-refractivity contribution in [3.8, 4) is 0 Å². The van der Waals surface area contributed by atoms with Crippen molar-refractivity contribution in [1.82, 2.24) is 4.90 Å². The molecule has 2 unspecified atom stereocenters. The van der Waals surface area contributed by atoms with Crippen molar-refractivity contribution in [2.24, 2.45) is 11.7 Å². The number of nitrogens with zero attached hydrogens (tertiary/aromatic N) is 1. The van der Waals surface area contributed by atoms with Crippen LogP contribution in [0.1, 0.15) is 25.8 Å². The standard InChI is InChI=1S/C16H25N3O.ClH/c1-3-13-4-6-14(7-5-13)18-16(20)11-19-9-8-15(17)12(2)10-19;/h4-7,12,15H,3,8-11,17H2,1-2H3,(H,18,20);1H. The molecule has 5 heteroatoms. The number of aryl methyl sites for hydroxylation is 1. The minimum Gasteiger partial charge on any atom is -0.327 e. The first-order valence-corrected chi connectivity index (χ1v) is 7.45. The van der Waals surface area contributed by atoms with Crippen LogP contribution in [0.5, 0.6) is 0 Å². The maximum atomic E-state index is 12.0. The molecule has 0 radical (unpaired) electrons. The van der Waals surface area contributed by atoms with Gasteiger partial charge in [0.2, 0.25) is 5.91 Å². The number of rotatable bonds is 4. The molecule has 1 saturated heterocycles. The third-order valence-electron chi connectivity index (χ3n) is 4.07. The molecule has 0 aliphatic carbocycles. The summed E-state index contributed by atoms with van der Waals surface area (Å²) in [4.78, 5) is 14.2. The van der Waals surface area contributed by atoms with Gasteiger partial charge in [0.05, 0.1) is 6.54 Å². The fourth-order valence-corrected chi connectivity index (χ4v) is 2.62. The molecule has 0 spiro atoms. The quantitative estimate of drug-likeness (QED) is 0.897. The second kappa shape index (κ2) is 8.37. The molecule has 1 amide bonds. The summed E-state index contributed by atoms with van der Waals surface area (Å²) >= 11 is 0. The summed E-state index contributed by atoms with van der Waals surface area (Å²) in [6.45, 7) is 6.54. The Morgan fingerprint density at radius 1 is 1.38 bits per heavy atom. The third kappa shape index (κ3) is 5.30. The molecule has 2 atom stereocenters. The summed E-state index contributed by atoms with van der Waals surface area (Å²) in [6, 6.07) is 8.31. The minimum atomic E-state index is 0. The molecule has 118 valence electrons. The van der Waals surface area contributed by atoms with Crippen molar-refractivity contribution in [2.45, 2.75) is 32.7 Å². The van der Waals surface area contributed by atoms with E-state index in [-0.39, 0.29) is 24.4 Å². The number of carbonyl (C=O) groups excluding carboxylic acids is 1. The Kier molecular flexibility index (Phi) is 7.15. The summed E-state index contributed by atoms with van der Waals surface area (Å²) in [5.41, 5.74) is 8.14. The van der Waals surface area contributed by atoms with Gasteiger partial charge in [0.15, 0.2) is 0 Å². The number of halogens is 1. The van der Waals surface area contributed by atoms with Gasteiger partial charge in [0.1, 0.15) is 0 Å². The Balaban J connectivity index is 0.00000220. The third-order valence-corrected chi connectivity index (χ3v) is 4.07. The van der Waals surface area contributed by atoms with Crippen LogP contribution in [0.4, 0.5) is 5.69 Å². The highest BCUT2D eigenvalue weighted by Gasteiger charge is 2.24. The van der Waals surface area contributed by atoms with Crippen LogP contribution in [0.25, 0.3) is 0 Å². The zero-order chi connectivity index (χ0) is 14.5. The summed E-state index contributed by atoms with van der Waals surface area (Å²) < 4.78 is 0. The van der Waals surface area contributed by atoms with E-state index in [1.54, 1.807) is 0 Å². The normalized spacial score (nSPS) is 22.4. The van der Waals surface area contributed by atoms with E-state index in [4.69, 9.17) is 5.73 Å². The minimum absolute atomic E-state index is 0. The molecular formula is C16H26ClN3O. The zero-order valence-electron chi connectivity index (χ0n) is 12.8. The number of nitrogens with two attached hydrogens (primary N) is 1. The van der Waals surface area contributed by atoms with Crippen molar-refractivity contribution < 1.29 is 4.79 Å². The number of nitrogens with one attached hydrogen (secondary N) is 1. The van der Waals surface area contributed by atoms with Gasteiger partial charge in [0.25, 0.3) is 0 Å². The van der Waals surface area contributed by atoms with Gasteiger partial charge in [-0.15, -0.1) is 12.4 Å². The van der Waals surface area contributed by atoms with Crippen molar-refractivity contribution in [1.29, 1.82) is 0 Å². The predicted molar refractivity (Wildman–Crippen MR) is 89.9 cm³/mol. The van der Waals surface area contributed by atoms with Crippen LogP contribution in [0.2, 0.25) is 0 Å². The molecule has 1 aromatic carbocycles. The number of amides is 1. The number of hydrogen-bond donors (Lipinski definition) is 2. The maximum Gasteiger partial charge on any atom is 0.238 e. The average molecular weight is 312 g/mol. The number of hydrogen-bond acceptors (Lipinski definition) is 3. The Labute approximate surface area is 133 Å². The Morgan fingerprint density at radius 3 is 2.62 bits per heavy atom. The number of likely N-dealkylation sites (tertiary alicyclic amines) is 1. The van der Waals surface area contributed by atoms with Crippen LogP contribution < -0.4 is 11.1 Å². The fourth-order valence-electron chi connectivity index (χ4n) is 2.62. The highest BCUT2D eigenvalue weighted by atomic mass is 35.5. The van der Waals surface area contributed by atoms with Gasteiger partial charge in [-0.05, 0) is 36.5 Å². The average Bonchev–Trinajstić information content (AvgIpc) is 2.44. The lowest BCUT2D eigenvalue weighted by Crippen LogP contribution is -2.48. The monoisotopic (exact) mass is 311 g/mol. The van der Waals surface area contributed by atoms with Gasteiger partial charge in [-0.2, -0.15) is 0 Å². The Hall–Kier alpha value is -1.10. The van der Waals surface area contributed by atoms with Crippen LogP contribution >= 0.6 is 12.4 Å². The van der Waals surface area contributed by atoms with E-state index in [0.29, 0.717) is 12.5 Å². The molecular weight excluding hydrogens is 286 g/mol. The topological polar surface area (TPSA) is 58.4 Å². The van der Waals surface area contributed by atoms with E-state index in [9.17, 15) is 4.79 Å². The number of anilines is 1. The second-order valence-electron chi connectivity index (χ2n) is 5.76. The van der Waals surface area contributed by atoms with E-state index in [1.807, 2.05) is 12.1 Å². The van der Waals surface area contributed by atoms with Crippen molar-refractivity contribution in [3.05, 3.63) is 29.8 Å². The van der Waals surface area contributed by atoms with Crippen molar-refractivity contribution in [3.63, 3.8) is 0 Å². The zero-order valence-corrected chi connectivity index (χ0v) is 13.7. The van der Waals surface area contributed by atoms with Crippen LogP contribution in [0, 0.1) is 5.92 Å². The number of carbonyl (C=O) groups is 1. The number of piperidine rings is 1. The molecule has 4 nitrogen and oxygen atoms in total. The molecule has 1 fully saturated rings. The SMILES string of the molecule is CCc1ccc(NC(=O)CN2CCC(N)C(C)C2)cc1.Cl. The van der Waals surface area contributed by atoms with E-state index in [2.05, 4.69) is 36.2 Å². The summed E-state index contributed by atoms with van der Waals surface area (Å²) in [7, 11) is 0. The second-order valence-corrected chi connectivity index (χ2v) is 5.76. The van der Waals surface area contributed by atoms with Gasteiger partial charge in [-0.1, -0.05) is 26.0 Å². The lowest BCUT2D eigenvalue weighted by Gasteiger charge is -2.34. The molecule has 0 aromatic heterocycles. The summed E-state index contributed by atoms with van der Waals surface area (Å²) in [6.07, 6.45) is 1.99. The van der Waals surface area contributed by atoms with E-state index >= 15 is 0 Å². The lowest BCUT2D eigenvalue weighted by atomic mass is 9.95. The number of benzene rings is 1. The molecule has 21 heavy (non-hydrogen) atoms. The van der Waals surface area contributed by atoms with E-state index < -0.39 is 0 Å². The summed E-state index contributed by atoms with van der Waals surface area (Å²) in [5, 5.41) is 2.95. The maximum absolute atomic E-state index is 12.0. The van der Waals surface area contributed by atoms with Crippen LogP contribution in [0.15, 0.2) is 24.3 Å². The first-order valence-electron chi connectivity index (χ1n) is 7.45. The predicted octanol–water partition coefficient (Wildman–Crippen LogP) is 2.28. The fraction of sp³-hybridized carbons (Fsp3) is 0.562. The van der Waals surface area contributed by atoms with Crippen LogP contribution in [-0.2, 0) is 11.2 Å². The van der Waals surface area contributed by atoms with Gasteiger partial charge in [-0.25, -0.2) is 0 Å². The van der Waals surface area contributed by atoms with Gasteiger partial charge < -0.3 is 11.1 Å². The molecule has 0 bridgehead atoms. The summed E-state index contributed by atoms with van der Waals surface area (Å²) in [5.74, 6) is 0.511. The molecule has 1 aromatic rings. The highest BCUT2D eigenvalue weighted by molar-refractivity contribution is 5.92. The molecule has 1 aliphatic heterocycles. The van der Waals surface area contributed by atoms with Crippen LogP contribution in [0.3, 0.4) is 0 Å². The Morgan fingerprint density at radius 2 is 2.05 bits per heavy atom. The van der Waals surface area contributed by atoms with Crippen molar-refractivity contribution >= 4 is 24.0 Å². The van der Waals surface area contributed by atoms with Gasteiger partial charge in [0, 0.05) is 24.8 Å². The van der Waals surface area contributed by atoms with Crippen LogP contribution in [-0.4, -0.2) is 36.5 Å². The van der Waals surface area contributed by atoms with E-state index in [0.717, 1.165) is 31.6 Å².